The third-order valence-corrected chi connectivity index (χ3v) is 2.84. The Morgan fingerprint density at radius 1 is 1.10 bits per heavy atom. The van der Waals surface area contributed by atoms with Crippen LogP contribution in [0.25, 0.3) is 0 Å². The highest BCUT2D eigenvalue weighted by atomic mass is 19.4. The SMILES string of the molecule is O=C(NCc1cccc(O)c1)c1ccc(C(F)(F)F)cc1. The second-order valence-electron chi connectivity index (χ2n) is 4.43. The monoisotopic (exact) mass is 295 g/mol. The van der Waals surface area contributed by atoms with Crippen molar-refractivity contribution < 1.29 is 23.1 Å². The van der Waals surface area contributed by atoms with Gasteiger partial charge in [-0.1, -0.05) is 12.1 Å². The number of amides is 1. The second-order valence-corrected chi connectivity index (χ2v) is 4.43. The molecule has 0 bridgehead atoms. The van der Waals surface area contributed by atoms with Gasteiger partial charge < -0.3 is 10.4 Å². The topological polar surface area (TPSA) is 49.3 Å². The first-order chi connectivity index (χ1) is 9.86. The summed E-state index contributed by atoms with van der Waals surface area (Å²) in [7, 11) is 0. The molecule has 21 heavy (non-hydrogen) atoms. The molecule has 2 aromatic rings. The van der Waals surface area contributed by atoms with Gasteiger partial charge in [-0.25, -0.2) is 0 Å². The van der Waals surface area contributed by atoms with Gasteiger partial charge in [0.05, 0.1) is 5.56 Å². The zero-order valence-corrected chi connectivity index (χ0v) is 10.8. The molecule has 0 fully saturated rings. The van der Waals surface area contributed by atoms with Crippen LogP contribution in [0.2, 0.25) is 0 Å². The predicted octanol–water partition coefficient (Wildman–Crippen LogP) is 3.34. The van der Waals surface area contributed by atoms with E-state index in [-0.39, 0.29) is 17.9 Å². The van der Waals surface area contributed by atoms with E-state index in [0.29, 0.717) is 5.56 Å². The van der Waals surface area contributed by atoms with Crippen molar-refractivity contribution in [2.45, 2.75) is 12.7 Å². The summed E-state index contributed by atoms with van der Waals surface area (Å²) in [6, 6.07) is 10.3. The van der Waals surface area contributed by atoms with Gasteiger partial charge in [0.15, 0.2) is 0 Å². The molecule has 6 heteroatoms. The molecule has 0 unspecified atom stereocenters. The Morgan fingerprint density at radius 2 is 1.76 bits per heavy atom. The average molecular weight is 295 g/mol. The number of halogens is 3. The van der Waals surface area contributed by atoms with E-state index in [1.165, 1.54) is 12.1 Å². The Labute approximate surface area is 119 Å². The average Bonchev–Trinajstić information content (AvgIpc) is 2.44. The molecule has 0 aliphatic heterocycles. The van der Waals surface area contributed by atoms with Crippen LogP contribution in [0.3, 0.4) is 0 Å². The van der Waals surface area contributed by atoms with Gasteiger partial charge >= 0.3 is 6.18 Å². The fraction of sp³-hybridized carbons (Fsp3) is 0.133. The Bertz CT molecular complexity index is 636. The lowest BCUT2D eigenvalue weighted by Crippen LogP contribution is -2.22. The summed E-state index contributed by atoms with van der Waals surface area (Å²) in [5, 5.41) is 11.9. The maximum Gasteiger partial charge on any atom is 0.416 e. The van der Waals surface area contributed by atoms with Crippen LogP contribution in [0.4, 0.5) is 13.2 Å². The standard InChI is InChI=1S/C15H12F3NO2/c16-15(17,18)12-6-4-11(5-7-12)14(21)19-9-10-2-1-3-13(20)8-10/h1-8,20H,9H2,(H,19,21). The summed E-state index contributed by atoms with van der Waals surface area (Å²) < 4.78 is 37.2. The van der Waals surface area contributed by atoms with Gasteiger partial charge in [0.1, 0.15) is 5.75 Å². The number of benzene rings is 2. The first kappa shape index (κ1) is 14.9. The summed E-state index contributed by atoms with van der Waals surface area (Å²) in [6.45, 7) is 0.175. The highest BCUT2D eigenvalue weighted by molar-refractivity contribution is 5.94. The lowest BCUT2D eigenvalue weighted by atomic mass is 10.1. The van der Waals surface area contributed by atoms with Crippen molar-refractivity contribution in [3.05, 3.63) is 65.2 Å². The summed E-state index contributed by atoms with van der Waals surface area (Å²) in [5.74, 6) is -0.400. The zero-order valence-electron chi connectivity index (χ0n) is 10.8. The van der Waals surface area contributed by atoms with Crippen LogP contribution in [0.5, 0.6) is 5.75 Å². The number of carbonyl (C=O) groups excluding carboxylic acids is 1. The Hall–Kier alpha value is -2.50. The number of carbonyl (C=O) groups is 1. The van der Waals surface area contributed by atoms with E-state index in [1.54, 1.807) is 12.1 Å². The van der Waals surface area contributed by atoms with Crippen molar-refractivity contribution in [1.29, 1.82) is 0 Å². The molecule has 0 saturated heterocycles. The second kappa shape index (κ2) is 5.87. The van der Waals surface area contributed by atoms with E-state index in [1.807, 2.05) is 0 Å². The Balaban J connectivity index is 2.00. The minimum absolute atomic E-state index is 0.0799. The van der Waals surface area contributed by atoms with Crippen molar-refractivity contribution in [3.8, 4) is 5.75 Å². The number of phenols is 1. The minimum Gasteiger partial charge on any atom is -0.508 e. The van der Waals surface area contributed by atoms with Crippen molar-refractivity contribution in [2.75, 3.05) is 0 Å². The van der Waals surface area contributed by atoms with E-state index >= 15 is 0 Å². The Morgan fingerprint density at radius 3 is 2.33 bits per heavy atom. The maximum absolute atomic E-state index is 12.4. The number of hydrogen-bond acceptors (Lipinski definition) is 2. The fourth-order valence-corrected chi connectivity index (χ4v) is 1.76. The van der Waals surface area contributed by atoms with Crippen LogP contribution < -0.4 is 5.32 Å². The fourth-order valence-electron chi connectivity index (χ4n) is 1.76. The molecule has 0 saturated carbocycles. The predicted molar refractivity (Wildman–Crippen MR) is 70.7 cm³/mol. The summed E-state index contributed by atoms with van der Waals surface area (Å²) in [6.07, 6.45) is -4.42. The summed E-state index contributed by atoms with van der Waals surface area (Å²) >= 11 is 0. The molecule has 1 amide bonds. The highest BCUT2D eigenvalue weighted by Crippen LogP contribution is 2.29. The molecule has 0 aromatic heterocycles. The van der Waals surface area contributed by atoms with Crippen LogP contribution in [0.1, 0.15) is 21.5 Å². The largest absolute Gasteiger partial charge is 0.508 e. The molecule has 0 heterocycles. The molecule has 0 aliphatic rings. The van der Waals surface area contributed by atoms with Gasteiger partial charge in [-0.3, -0.25) is 4.79 Å². The highest BCUT2D eigenvalue weighted by Gasteiger charge is 2.30. The lowest BCUT2D eigenvalue weighted by molar-refractivity contribution is -0.137. The van der Waals surface area contributed by atoms with Crippen molar-refractivity contribution in [2.24, 2.45) is 0 Å². The quantitative estimate of drug-likeness (QED) is 0.912. The van der Waals surface area contributed by atoms with E-state index in [2.05, 4.69) is 5.32 Å². The normalized spacial score (nSPS) is 11.2. The first-order valence-electron chi connectivity index (χ1n) is 6.09. The zero-order chi connectivity index (χ0) is 15.5. The number of nitrogens with one attached hydrogen (secondary N) is 1. The molecule has 2 aromatic carbocycles. The summed E-state index contributed by atoms with van der Waals surface area (Å²) in [4.78, 5) is 11.8. The molecule has 0 atom stereocenters. The van der Waals surface area contributed by atoms with Gasteiger partial charge in [-0.2, -0.15) is 13.2 Å². The minimum atomic E-state index is -4.42. The van der Waals surface area contributed by atoms with E-state index in [4.69, 9.17) is 0 Å². The van der Waals surface area contributed by atoms with Crippen LogP contribution in [0, 0.1) is 0 Å². The molecular weight excluding hydrogens is 283 g/mol. The number of aromatic hydroxyl groups is 1. The van der Waals surface area contributed by atoms with Crippen molar-refractivity contribution in [3.63, 3.8) is 0 Å². The van der Waals surface area contributed by atoms with Crippen molar-refractivity contribution >= 4 is 5.91 Å². The van der Waals surface area contributed by atoms with E-state index in [0.717, 1.165) is 24.3 Å². The molecule has 0 radical (unpaired) electrons. The molecule has 3 nitrogen and oxygen atoms in total. The smallest absolute Gasteiger partial charge is 0.416 e. The molecular formula is C15H12F3NO2. The summed E-state index contributed by atoms with van der Waals surface area (Å²) in [5.41, 5.74) is 0.0328. The maximum atomic E-state index is 12.4. The van der Waals surface area contributed by atoms with E-state index < -0.39 is 17.6 Å². The van der Waals surface area contributed by atoms with Gasteiger partial charge in [-0.15, -0.1) is 0 Å². The molecule has 0 aliphatic carbocycles. The van der Waals surface area contributed by atoms with Crippen LogP contribution in [-0.4, -0.2) is 11.0 Å². The molecule has 0 spiro atoms. The Kier molecular flexibility index (Phi) is 4.16. The molecule has 2 rings (SSSR count). The molecule has 110 valence electrons. The third-order valence-electron chi connectivity index (χ3n) is 2.84. The van der Waals surface area contributed by atoms with E-state index in [9.17, 15) is 23.1 Å². The number of alkyl halides is 3. The van der Waals surface area contributed by atoms with Gasteiger partial charge in [0, 0.05) is 12.1 Å². The van der Waals surface area contributed by atoms with Crippen molar-refractivity contribution in [1.82, 2.24) is 5.32 Å². The number of rotatable bonds is 3. The van der Waals surface area contributed by atoms with Gasteiger partial charge in [-0.05, 0) is 42.0 Å². The molecule has 2 N–H and O–H groups in total. The third kappa shape index (κ3) is 3.98. The number of hydrogen-bond donors (Lipinski definition) is 2. The number of phenolic OH excluding ortho intramolecular Hbond substituents is 1. The van der Waals surface area contributed by atoms with Crippen LogP contribution in [0.15, 0.2) is 48.5 Å². The van der Waals surface area contributed by atoms with Crippen LogP contribution in [-0.2, 0) is 12.7 Å². The first-order valence-corrected chi connectivity index (χ1v) is 6.09. The lowest BCUT2D eigenvalue weighted by Gasteiger charge is -2.08. The van der Waals surface area contributed by atoms with Gasteiger partial charge in [0.25, 0.3) is 5.91 Å². The van der Waals surface area contributed by atoms with Gasteiger partial charge in [0.2, 0.25) is 0 Å². The van der Waals surface area contributed by atoms with Crippen LogP contribution >= 0.6 is 0 Å².